The van der Waals surface area contributed by atoms with Gasteiger partial charge >= 0.3 is 0 Å². The maximum Gasteiger partial charge on any atom is 0.133 e. The molecular weight excluding hydrogens is 326 g/mol. The van der Waals surface area contributed by atoms with Gasteiger partial charge in [-0.1, -0.05) is 42.5 Å². The van der Waals surface area contributed by atoms with Crippen LogP contribution in [0, 0.1) is 0 Å². The number of nitrogens with one attached hydrogen (secondary N) is 1. The summed E-state index contributed by atoms with van der Waals surface area (Å²) in [5.74, 6) is 0.839. The lowest BCUT2D eigenvalue weighted by Gasteiger charge is -2.11. The number of hydrogen-bond acceptors (Lipinski definition) is 2. The van der Waals surface area contributed by atoms with Crippen LogP contribution in [-0.2, 0) is 6.54 Å². The number of benzene rings is 3. The molecule has 21 heavy (non-hydrogen) atoms. The maximum atomic E-state index is 5.25. The Bertz CT molecular complexity index is 765. The zero-order valence-corrected chi connectivity index (χ0v) is 13.4. The van der Waals surface area contributed by atoms with Crippen LogP contribution >= 0.6 is 15.9 Å². The highest BCUT2D eigenvalue weighted by atomic mass is 79.9. The molecule has 1 N–H and O–H groups in total. The minimum Gasteiger partial charge on any atom is -0.496 e. The number of ether oxygens (including phenoxy) is 1. The Labute approximate surface area is 132 Å². The average Bonchev–Trinajstić information content (AvgIpc) is 2.53. The third-order valence-electron chi connectivity index (χ3n) is 3.51. The van der Waals surface area contributed by atoms with Crippen molar-refractivity contribution in [3.05, 3.63) is 70.7 Å². The standard InChI is InChI=1S/C18H16BrNO/c1-21-18-10-9-15(11-17(18)19)20-12-14-7-4-6-13-5-2-3-8-16(13)14/h2-11,20H,12H2,1H3. The van der Waals surface area contributed by atoms with E-state index in [2.05, 4.69) is 63.7 Å². The smallest absolute Gasteiger partial charge is 0.133 e. The zero-order valence-electron chi connectivity index (χ0n) is 11.8. The lowest BCUT2D eigenvalue weighted by atomic mass is 10.0. The monoisotopic (exact) mass is 341 g/mol. The Morgan fingerprint density at radius 1 is 1.00 bits per heavy atom. The van der Waals surface area contributed by atoms with Crippen molar-refractivity contribution in [3.63, 3.8) is 0 Å². The normalized spacial score (nSPS) is 10.6. The van der Waals surface area contributed by atoms with E-state index in [4.69, 9.17) is 4.74 Å². The Kier molecular flexibility index (Phi) is 4.11. The number of anilines is 1. The first-order valence-electron chi connectivity index (χ1n) is 6.82. The number of hydrogen-bond donors (Lipinski definition) is 1. The van der Waals surface area contributed by atoms with E-state index in [0.29, 0.717) is 0 Å². The van der Waals surface area contributed by atoms with Gasteiger partial charge in [0, 0.05) is 12.2 Å². The van der Waals surface area contributed by atoms with Crippen LogP contribution < -0.4 is 10.1 Å². The molecule has 0 spiro atoms. The van der Waals surface area contributed by atoms with Gasteiger partial charge in [-0.25, -0.2) is 0 Å². The lowest BCUT2D eigenvalue weighted by molar-refractivity contribution is 0.412. The van der Waals surface area contributed by atoms with Gasteiger partial charge in [0.2, 0.25) is 0 Å². The number of halogens is 1. The maximum absolute atomic E-state index is 5.25. The van der Waals surface area contributed by atoms with Gasteiger partial charge in [-0.2, -0.15) is 0 Å². The van der Waals surface area contributed by atoms with Crippen molar-refractivity contribution in [2.75, 3.05) is 12.4 Å². The fourth-order valence-electron chi connectivity index (χ4n) is 2.42. The zero-order chi connectivity index (χ0) is 14.7. The van der Waals surface area contributed by atoms with E-state index in [-0.39, 0.29) is 0 Å². The molecule has 2 nitrogen and oxygen atoms in total. The molecule has 0 saturated carbocycles. The largest absolute Gasteiger partial charge is 0.496 e. The number of methoxy groups -OCH3 is 1. The van der Waals surface area contributed by atoms with Crippen LogP contribution in [-0.4, -0.2) is 7.11 Å². The molecule has 3 aromatic rings. The van der Waals surface area contributed by atoms with Gasteiger partial charge < -0.3 is 10.1 Å². The van der Waals surface area contributed by atoms with E-state index in [1.54, 1.807) is 7.11 Å². The van der Waals surface area contributed by atoms with Crippen molar-refractivity contribution < 1.29 is 4.74 Å². The van der Waals surface area contributed by atoms with E-state index in [0.717, 1.165) is 22.5 Å². The third kappa shape index (κ3) is 3.03. The van der Waals surface area contributed by atoms with Crippen LogP contribution in [0.15, 0.2) is 65.1 Å². The Morgan fingerprint density at radius 2 is 1.81 bits per heavy atom. The molecule has 0 fully saturated rings. The van der Waals surface area contributed by atoms with Gasteiger partial charge in [-0.05, 0) is 50.5 Å². The van der Waals surface area contributed by atoms with E-state index in [1.807, 2.05) is 18.2 Å². The summed E-state index contributed by atoms with van der Waals surface area (Å²) in [7, 11) is 1.67. The molecule has 106 valence electrons. The van der Waals surface area contributed by atoms with E-state index >= 15 is 0 Å². The van der Waals surface area contributed by atoms with Crippen LogP contribution in [0.4, 0.5) is 5.69 Å². The quantitative estimate of drug-likeness (QED) is 0.702. The first-order valence-corrected chi connectivity index (χ1v) is 7.61. The summed E-state index contributed by atoms with van der Waals surface area (Å²) in [5.41, 5.74) is 2.36. The second-order valence-electron chi connectivity index (χ2n) is 4.84. The minimum absolute atomic E-state index is 0.792. The Hall–Kier alpha value is -2.00. The molecule has 3 aromatic carbocycles. The van der Waals surface area contributed by atoms with Crippen LogP contribution in [0.5, 0.6) is 5.75 Å². The molecule has 0 saturated heterocycles. The Balaban J connectivity index is 1.82. The summed E-state index contributed by atoms with van der Waals surface area (Å²) in [6, 6.07) is 20.9. The summed E-state index contributed by atoms with van der Waals surface area (Å²) >= 11 is 3.51. The number of rotatable bonds is 4. The molecule has 3 rings (SSSR count). The van der Waals surface area contributed by atoms with Crippen molar-refractivity contribution in [1.29, 1.82) is 0 Å². The molecule has 0 amide bonds. The second kappa shape index (κ2) is 6.19. The molecule has 0 aliphatic carbocycles. The Morgan fingerprint density at radius 3 is 2.62 bits per heavy atom. The summed E-state index contributed by atoms with van der Waals surface area (Å²) in [5, 5.41) is 6.02. The van der Waals surface area contributed by atoms with Gasteiger partial charge in [0.05, 0.1) is 11.6 Å². The topological polar surface area (TPSA) is 21.3 Å². The summed E-state index contributed by atoms with van der Waals surface area (Å²) in [4.78, 5) is 0. The summed E-state index contributed by atoms with van der Waals surface area (Å²) in [6.45, 7) is 0.792. The van der Waals surface area contributed by atoms with Crippen molar-refractivity contribution in [1.82, 2.24) is 0 Å². The fourth-order valence-corrected chi connectivity index (χ4v) is 2.96. The van der Waals surface area contributed by atoms with Crippen LogP contribution in [0.3, 0.4) is 0 Å². The SMILES string of the molecule is COc1ccc(NCc2cccc3ccccc23)cc1Br. The predicted octanol–water partition coefficient (Wildman–Crippen LogP) is 5.22. The van der Waals surface area contributed by atoms with Crippen molar-refractivity contribution in [2.45, 2.75) is 6.54 Å². The molecule has 0 unspecified atom stereocenters. The van der Waals surface area contributed by atoms with E-state index in [9.17, 15) is 0 Å². The van der Waals surface area contributed by atoms with Crippen molar-refractivity contribution >= 4 is 32.4 Å². The molecule has 0 radical (unpaired) electrons. The fraction of sp³-hybridized carbons (Fsp3) is 0.111. The van der Waals surface area contributed by atoms with Gasteiger partial charge in [0.15, 0.2) is 0 Å². The third-order valence-corrected chi connectivity index (χ3v) is 4.13. The highest BCUT2D eigenvalue weighted by Crippen LogP contribution is 2.28. The van der Waals surface area contributed by atoms with Gasteiger partial charge in [-0.15, -0.1) is 0 Å². The minimum atomic E-state index is 0.792. The summed E-state index contributed by atoms with van der Waals surface area (Å²) < 4.78 is 6.20. The van der Waals surface area contributed by atoms with Gasteiger partial charge in [-0.3, -0.25) is 0 Å². The predicted molar refractivity (Wildman–Crippen MR) is 92.0 cm³/mol. The van der Waals surface area contributed by atoms with Gasteiger partial charge in [0.25, 0.3) is 0 Å². The van der Waals surface area contributed by atoms with Crippen molar-refractivity contribution in [2.24, 2.45) is 0 Å². The van der Waals surface area contributed by atoms with Crippen LogP contribution in [0.1, 0.15) is 5.56 Å². The van der Waals surface area contributed by atoms with Gasteiger partial charge in [0.1, 0.15) is 5.75 Å². The van der Waals surface area contributed by atoms with E-state index in [1.165, 1.54) is 16.3 Å². The van der Waals surface area contributed by atoms with Crippen molar-refractivity contribution in [3.8, 4) is 5.75 Å². The molecule has 0 aliphatic rings. The first-order chi connectivity index (χ1) is 10.3. The second-order valence-corrected chi connectivity index (χ2v) is 5.70. The highest BCUT2D eigenvalue weighted by Gasteiger charge is 2.03. The molecule has 3 heteroatoms. The molecule has 0 atom stereocenters. The summed E-state index contributed by atoms with van der Waals surface area (Å²) in [6.07, 6.45) is 0. The lowest BCUT2D eigenvalue weighted by Crippen LogP contribution is -2.00. The molecule has 0 aromatic heterocycles. The average molecular weight is 342 g/mol. The highest BCUT2D eigenvalue weighted by molar-refractivity contribution is 9.10. The van der Waals surface area contributed by atoms with E-state index < -0.39 is 0 Å². The molecule has 0 bridgehead atoms. The van der Waals surface area contributed by atoms with Crippen LogP contribution in [0.2, 0.25) is 0 Å². The molecule has 0 aliphatic heterocycles. The number of fused-ring (bicyclic) bond motifs is 1. The molecular formula is C18H16BrNO. The van der Waals surface area contributed by atoms with Crippen LogP contribution in [0.25, 0.3) is 10.8 Å². The first kappa shape index (κ1) is 14.0. The molecule has 0 heterocycles.